The average Bonchev–Trinajstić information content (AvgIpc) is 2.27. The van der Waals surface area contributed by atoms with E-state index in [0.717, 1.165) is 12.1 Å². The Bertz CT molecular complexity index is 458. The molecule has 0 aliphatic heterocycles. The molecule has 0 amide bonds. The molecule has 0 unspecified atom stereocenters. The first kappa shape index (κ1) is 13.9. The second-order valence-corrected chi connectivity index (χ2v) is 5.84. The quantitative estimate of drug-likeness (QED) is 0.806. The van der Waals surface area contributed by atoms with Gasteiger partial charge in [-0.25, -0.2) is 8.42 Å². The van der Waals surface area contributed by atoms with E-state index in [0.29, 0.717) is 6.42 Å². The Balaban J connectivity index is 2.50. The van der Waals surface area contributed by atoms with Gasteiger partial charge in [-0.15, -0.1) is 0 Å². The van der Waals surface area contributed by atoms with E-state index in [2.05, 4.69) is 10.0 Å². The Kier molecular flexibility index (Phi) is 5.37. The first-order chi connectivity index (χ1) is 8.03. The van der Waals surface area contributed by atoms with Gasteiger partial charge in [-0.2, -0.15) is 0 Å². The van der Waals surface area contributed by atoms with E-state index in [-0.39, 0.29) is 10.9 Å². The topological polar surface area (TPSA) is 58.2 Å². The monoisotopic (exact) mass is 272 g/mol. The van der Waals surface area contributed by atoms with Crippen molar-refractivity contribution in [3.8, 4) is 0 Å². The number of nitrogens with one attached hydrogen (secondary N) is 2. The molecule has 1 aromatic carbocycles. The fourth-order valence-electron chi connectivity index (χ4n) is 1.20. The highest BCUT2D eigenvalue weighted by molar-refractivity contribution is 7.91. The summed E-state index contributed by atoms with van der Waals surface area (Å²) < 4.78 is 25.4. The molecule has 4 nitrogen and oxygen atoms in total. The zero-order valence-corrected chi connectivity index (χ0v) is 11.3. The van der Waals surface area contributed by atoms with Crippen molar-refractivity contribution in [2.45, 2.75) is 19.8 Å². The van der Waals surface area contributed by atoms with Crippen LogP contribution in [-0.4, -0.2) is 19.3 Å². The predicted octanol–water partition coefficient (Wildman–Crippen LogP) is 2.10. The minimum atomic E-state index is -3.32. The summed E-state index contributed by atoms with van der Waals surface area (Å²) in [4.78, 5) is 0. The molecule has 2 N–H and O–H groups in total. The van der Waals surface area contributed by atoms with Crippen molar-refractivity contribution in [1.82, 2.24) is 4.72 Å². The Morgan fingerprint density at radius 2 is 1.94 bits per heavy atom. The van der Waals surface area contributed by atoms with E-state index >= 15 is 0 Å². The van der Waals surface area contributed by atoms with Crippen LogP contribution in [0.5, 0.6) is 0 Å². The van der Waals surface area contributed by atoms with Gasteiger partial charge < -0.3 is 5.32 Å². The molecule has 0 radical (unpaired) electrons. The van der Waals surface area contributed by atoms with E-state index in [4.69, 9.17) is 12.2 Å². The van der Waals surface area contributed by atoms with Gasteiger partial charge in [0.2, 0.25) is 10.0 Å². The second kappa shape index (κ2) is 6.56. The highest BCUT2D eigenvalue weighted by Crippen LogP contribution is 2.04. The van der Waals surface area contributed by atoms with Gasteiger partial charge in [0.25, 0.3) is 0 Å². The Labute approximate surface area is 107 Å². The number of hydrogen-bond acceptors (Lipinski definition) is 3. The highest BCUT2D eigenvalue weighted by Gasteiger charge is 2.10. The number of rotatable bonds is 5. The molecule has 1 aromatic rings. The number of sulfonamides is 1. The molecule has 0 atom stereocenters. The summed E-state index contributed by atoms with van der Waals surface area (Å²) in [7, 11) is -3.32. The van der Waals surface area contributed by atoms with Gasteiger partial charge in [0.1, 0.15) is 0 Å². The lowest BCUT2D eigenvalue weighted by atomic mass is 10.3. The standard InChI is InChI=1S/C11H16N2O2S2/c1-2-3-9-17(14,15)13-11(16)12-10-7-5-4-6-8-10/h4-8H,2-3,9H2,1H3,(H2,12,13,16). The summed E-state index contributed by atoms with van der Waals surface area (Å²) in [5.41, 5.74) is 0.760. The molecule has 0 saturated carbocycles. The molecule has 0 spiro atoms. The minimum Gasteiger partial charge on any atom is -0.332 e. The maximum Gasteiger partial charge on any atom is 0.234 e. The van der Waals surface area contributed by atoms with Gasteiger partial charge >= 0.3 is 0 Å². The van der Waals surface area contributed by atoms with Gasteiger partial charge in [-0.3, -0.25) is 4.72 Å². The van der Waals surface area contributed by atoms with E-state index in [9.17, 15) is 8.42 Å². The molecular formula is C11H16N2O2S2. The Hall–Kier alpha value is -1.14. The molecule has 6 heteroatoms. The number of benzene rings is 1. The summed E-state index contributed by atoms with van der Waals surface area (Å²) in [6.07, 6.45) is 1.46. The highest BCUT2D eigenvalue weighted by atomic mass is 32.2. The average molecular weight is 272 g/mol. The van der Waals surface area contributed by atoms with Gasteiger partial charge in [0.15, 0.2) is 5.11 Å². The van der Waals surface area contributed by atoms with Gasteiger partial charge in [0, 0.05) is 5.69 Å². The van der Waals surface area contributed by atoms with E-state index < -0.39 is 10.0 Å². The van der Waals surface area contributed by atoms with Crippen LogP contribution in [0.2, 0.25) is 0 Å². The van der Waals surface area contributed by atoms with Crippen LogP contribution in [0.1, 0.15) is 19.8 Å². The van der Waals surface area contributed by atoms with Crippen molar-refractivity contribution in [2.24, 2.45) is 0 Å². The number of unbranched alkanes of at least 4 members (excludes halogenated alkanes) is 1. The molecule has 94 valence electrons. The van der Waals surface area contributed by atoms with Crippen LogP contribution in [0.25, 0.3) is 0 Å². The van der Waals surface area contributed by atoms with Gasteiger partial charge in [0.05, 0.1) is 5.75 Å². The fourth-order valence-corrected chi connectivity index (χ4v) is 2.81. The van der Waals surface area contributed by atoms with Crippen LogP contribution in [-0.2, 0) is 10.0 Å². The van der Waals surface area contributed by atoms with Crippen molar-refractivity contribution in [2.75, 3.05) is 11.1 Å². The maximum atomic E-state index is 11.6. The summed E-state index contributed by atoms with van der Waals surface area (Å²) in [5.74, 6) is 0.0973. The van der Waals surface area contributed by atoms with E-state index in [1.165, 1.54) is 0 Å². The van der Waals surface area contributed by atoms with Crippen LogP contribution in [0.4, 0.5) is 5.69 Å². The summed E-state index contributed by atoms with van der Waals surface area (Å²) in [6, 6.07) is 9.19. The lowest BCUT2D eigenvalue weighted by molar-refractivity contribution is 0.589. The molecule has 0 aliphatic rings. The molecule has 0 aromatic heterocycles. The number of thiocarbonyl (C=S) groups is 1. The number of para-hydroxylation sites is 1. The zero-order valence-electron chi connectivity index (χ0n) is 9.64. The lowest BCUT2D eigenvalue weighted by Gasteiger charge is -2.10. The van der Waals surface area contributed by atoms with Crippen molar-refractivity contribution in [1.29, 1.82) is 0 Å². The summed E-state index contributed by atoms with van der Waals surface area (Å²) >= 11 is 4.93. The van der Waals surface area contributed by atoms with Gasteiger partial charge in [-0.1, -0.05) is 31.5 Å². The smallest absolute Gasteiger partial charge is 0.234 e. The molecule has 17 heavy (non-hydrogen) atoms. The fraction of sp³-hybridized carbons (Fsp3) is 0.364. The number of anilines is 1. The Morgan fingerprint density at radius 1 is 1.29 bits per heavy atom. The first-order valence-corrected chi connectivity index (χ1v) is 7.46. The molecule has 0 bridgehead atoms. The first-order valence-electron chi connectivity index (χ1n) is 5.40. The van der Waals surface area contributed by atoms with Crippen molar-refractivity contribution in [3.05, 3.63) is 30.3 Å². The predicted molar refractivity (Wildman–Crippen MR) is 74.5 cm³/mol. The van der Waals surface area contributed by atoms with Crippen molar-refractivity contribution < 1.29 is 8.42 Å². The molecule has 0 fully saturated rings. The molecule has 1 rings (SSSR count). The lowest BCUT2D eigenvalue weighted by Crippen LogP contribution is -2.35. The van der Waals surface area contributed by atoms with Crippen LogP contribution < -0.4 is 10.0 Å². The zero-order chi connectivity index (χ0) is 12.7. The third-order valence-corrected chi connectivity index (χ3v) is 3.72. The third kappa shape index (κ3) is 5.65. The third-order valence-electron chi connectivity index (χ3n) is 2.05. The molecule has 0 saturated heterocycles. The molecular weight excluding hydrogens is 256 g/mol. The second-order valence-electron chi connectivity index (χ2n) is 3.59. The minimum absolute atomic E-state index is 0.0973. The van der Waals surface area contributed by atoms with Crippen molar-refractivity contribution in [3.63, 3.8) is 0 Å². The van der Waals surface area contributed by atoms with Crippen LogP contribution in [0.15, 0.2) is 30.3 Å². The van der Waals surface area contributed by atoms with Crippen LogP contribution >= 0.6 is 12.2 Å². The van der Waals surface area contributed by atoms with E-state index in [1.807, 2.05) is 37.3 Å². The Morgan fingerprint density at radius 3 is 2.53 bits per heavy atom. The van der Waals surface area contributed by atoms with Crippen LogP contribution in [0, 0.1) is 0 Å². The largest absolute Gasteiger partial charge is 0.332 e. The van der Waals surface area contributed by atoms with Gasteiger partial charge in [-0.05, 0) is 30.8 Å². The summed E-state index contributed by atoms with van der Waals surface area (Å²) in [5, 5.41) is 2.92. The molecule has 0 heterocycles. The number of hydrogen-bond donors (Lipinski definition) is 2. The SMILES string of the molecule is CCCCS(=O)(=O)NC(=S)Nc1ccccc1. The van der Waals surface area contributed by atoms with Crippen LogP contribution in [0.3, 0.4) is 0 Å². The van der Waals surface area contributed by atoms with Crippen molar-refractivity contribution >= 4 is 33.0 Å². The molecule has 0 aliphatic carbocycles. The van der Waals surface area contributed by atoms with E-state index in [1.54, 1.807) is 0 Å². The summed E-state index contributed by atoms with van der Waals surface area (Å²) in [6.45, 7) is 1.94. The normalized spacial score (nSPS) is 10.9. The maximum absolute atomic E-state index is 11.6.